The molecular formula is C8H19O2PS3. The molecule has 0 fully saturated rings. The molecule has 0 aliphatic heterocycles. The van der Waals surface area contributed by atoms with Gasteiger partial charge in [0.15, 0.2) is 0 Å². The van der Waals surface area contributed by atoms with Crippen molar-refractivity contribution in [3.05, 3.63) is 0 Å². The summed E-state index contributed by atoms with van der Waals surface area (Å²) < 4.78 is 11.0. The van der Waals surface area contributed by atoms with E-state index in [4.69, 9.17) is 20.9 Å². The first-order chi connectivity index (χ1) is 6.68. The number of rotatable bonds is 9. The second-order valence-corrected chi connectivity index (χ2v) is 10.2. The van der Waals surface area contributed by atoms with E-state index in [9.17, 15) is 0 Å². The Balaban J connectivity index is 3.78. The Kier molecular flexibility index (Phi) is 10.4. The molecule has 0 aliphatic carbocycles. The molecule has 0 aromatic heterocycles. The summed E-state index contributed by atoms with van der Waals surface area (Å²) in [4.78, 5) is 0. The van der Waals surface area contributed by atoms with Crippen molar-refractivity contribution in [1.82, 2.24) is 0 Å². The van der Waals surface area contributed by atoms with Gasteiger partial charge in [0.1, 0.15) is 0 Å². The van der Waals surface area contributed by atoms with Gasteiger partial charge in [0.25, 0.3) is 0 Å². The van der Waals surface area contributed by atoms with Gasteiger partial charge in [-0.15, -0.1) is 0 Å². The fourth-order valence-corrected chi connectivity index (χ4v) is 7.87. The van der Waals surface area contributed by atoms with Crippen LogP contribution in [-0.4, -0.2) is 24.1 Å². The normalized spacial score (nSPS) is 11.9. The first-order valence-electron chi connectivity index (χ1n) is 4.79. The van der Waals surface area contributed by atoms with Gasteiger partial charge in [-0.1, -0.05) is 18.3 Å². The molecule has 0 aromatic rings. The van der Waals surface area contributed by atoms with Gasteiger partial charge in [0, 0.05) is 5.08 Å². The zero-order valence-corrected chi connectivity index (χ0v) is 12.4. The maximum Gasteiger partial charge on any atom is 0.248 e. The number of hydrogen-bond donors (Lipinski definition) is 0. The van der Waals surface area contributed by atoms with Crippen LogP contribution < -0.4 is 0 Å². The van der Waals surface area contributed by atoms with E-state index in [-0.39, 0.29) is 0 Å². The van der Waals surface area contributed by atoms with Crippen LogP contribution in [0, 0.1) is 0 Å². The summed E-state index contributed by atoms with van der Waals surface area (Å²) in [5, 5.41) is 0.977. The predicted molar refractivity (Wildman–Crippen MR) is 72.7 cm³/mol. The summed E-state index contributed by atoms with van der Waals surface area (Å²) in [7, 11) is 0. The van der Waals surface area contributed by atoms with Crippen molar-refractivity contribution in [2.75, 3.05) is 24.1 Å². The molecule has 0 rings (SSSR count). The lowest BCUT2D eigenvalue weighted by atomic mass is 10.6. The van der Waals surface area contributed by atoms with Crippen molar-refractivity contribution in [2.24, 2.45) is 0 Å². The summed E-state index contributed by atoms with van der Waals surface area (Å²) >= 11 is 8.92. The van der Waals surface area contributed by atoms with Gasteiger partial charge in [0.2, 0.25) is 5.69 Å². The molecular weight excluding hydrogens is 255 g/mol. The number of thioether (sulfide) groups is 1. The highest BCUT2D eigenvalue weighted by molar-refractivity contribution is 8.69. The largest absolute Gasteiger partial charge is 0.322 e. The monoisotopic (exact) mass is 274 g/mol. The van der Waals surface area contributed by atoms with Crippen LogP contribution in [0.2, 0.25) is 0 Å². The molecule has 14 heavy (non-hydrogen) atoms. The molecule has 0 aromatic carbocycles. The Bertz CT molecular complexity index is 168. The molecule has 2 nitrogen and oxygen atoms in total. The van der Waals surface area contributed by atoms with Crippen LogP contribution in [0.25, 0.3) is 0 Å². The standard InChI is InChI=1S/C8H19O2PS3/c1-4-7-13-8-14-11(12,9-5-2)10-6-3/h4-8H2,1-3H3. The summed E-state index contributed by atoms with van der Waals surface area (Å²) in [6.45, 7) is 7.38. The molecule has 0 heterocycles. The zero-order chi connectivity index (χ0) is 10.9. The van der Waals surface area contributed by atoms with Crippen molar-refractivity contribution in [2.45, 2.75) is 27.2 Å². The number of hydrogen-bond acceptors (Lipinski definition) is 5. The predicted octanol–water partition coefficient (Wildman–Crippen LogP) is 4.12. The maximum atomic E-state index is 5.50. The van der Waals surface area contributed by atoms with Crippen molar-refractivity contribution in [1.29, 1.82) is 0 Å². The first-order valence-corrected chi connectivity index (χ1v) is 10.2. The lowest BCUT2D eigenvalue weighted by Crippen LogP contribution is -1.92. The second kappa shape index (κ2) is 9.49. The highest BCUT2D eigenvalue weighted by Gasteiger charge is 2.17. The Hall–Kier alpha value is 1.27. The van der Waals surface area contributed by atoms with Gasteiger partial charge >= 0.3 is 0 Å². The van der Waals surface area contributed by atoms with Gasteiger partial charge in [-0.05, 0) is 37.8 Å². The van der Waals surface area contributed by atoms with Crippen LogP contribution in [-0.2, 0) is 20.9 Å². The van der Waals surface area contributed by atoms with E-state index in [2.05, 4.69) is 6.92 Å². The minimum absolute atomic E-state index is 0.642. The molecule has 0 saturated carbocycles. The SMILES string of the molecule is CCCSCSP(=S)(OCC)OCC. The summed E-state index contributed by atoms with van der Waals surface area (Å²) in [5.74, 6) is 1.18. The van der Waals surface area contributed by atoms with Gasteiger partial charge in [-0.2, -0.15) is 11.8 Å². The molecule has 0 spiro atoms. The lowest BCUT2D eigenvalue weighted by Gasteiger charge is -2.19. The van der Waals surface area contributed by atoms with E-state index < -0.39 is 5.69 Å². The van der Waals surface area contributed by atoms with E-state index in [0.717, 1.165) is 5.08 Å². The van der Waals surface area contributed by atoms with Crippen molar-refractivity contribution < 1.29 is 9.05 Å². The Morgan fingerprint density at radius 3 is 2.14 bits per heavy atom. The minimum atomic E-state index is -2.03. The third-order valence-corrected chi connectivity index (χ3v) is 8.58. The second-order valence-electron chi connectivity index (χ2n) is 2.44. The minimum Gasteiger partial charge on any atom is -0.322 e. The fraction of sp³-hybridized carbons (Fsp3) is 1.00. The highest BCUT2D eigenvalue weighted by atomic mass is 32.9. The molecule has 0 N–H and O–H groups in total. The van der Waals surface area contributed by atoms with Crippen molar-refractivity contribution in [3.8, 4) is 0 Å². The molecule has 0 saturated heterocycles. The van der Waals surface area contributed by atoms with E-state index in [1.807, 2.05) is 25.6 Å². The maximum absolute atomic E-state index is 5.50. The molecule has 86 valence electrons. The van der Waals surface area contributed by atoms with E-state index in [0.29, 0.717) is 13.2 Å². The molecule has 0 atom stereocenters. The quantitative estimate of drug-likeness (QED) is 0.356. The molecule has 0 unspecified atom stereocenters. The highest BCUT2D eigenvalue weighted by Crippen LogP contribution is 2.61. The molecule has 0 amide bonds. The van der Waals surface area contributed by atoms with Crippen molar-refractivity contribution in [3.63, 3.8) is 0 Å². The van der Waals surface area contributed by atoms with Crippen LogP contribution in [0.3, 0.4) is 0 Å². The van der Waals surface area contributed by atoms with Gasteiger partial charge in [0.05, 0.1) is 13.2 Å². The molecule has 0 aliphatic rings. The third-order valence-electron chi connectivity index (χ3n) is 1.22. The third kappa shape index (κ3) is 7.55. The van der Waals surface area contributed by atoms with E-state index in [1.165, 1.54) is 12.2 Å². The molecule has 0 bridgehead atoms. The van der Waals surface area contributed by atoms with E-state index in [1.54, 1.807) is 11.4 Å². The van der Waals surface area contributed by atoms with Crippen LogP contribution >= 0.6 is 28.8 Å². The lowest BCUT2D eigenvalue weighted by molar-refractivity contribution is 0.280. The smallest absolute Gasteiger partial charge is 0.248 e. The summed E-state index contributed by atoms with van der Waals surface area (Å²) in [5.41, 5.74) is -2.03. The van der Waals surface area contributed by atoms with Crippen LogP contribution in [0.15, 0.2) is 0 Å². The van der Waals surface area contributed by atoms with Crippen LogP contribution in [0.5, 0.6) is 0 Å². The topological polar surface area (TPSA) is 18.5 Å². The first kappa shape index (κ1) is 15.3. The average Bonchev–Trinajstić information content (AvgIpc) is 2.13. The summed E-state index contributed by atoms with van der Waals surface area (Å²) in [6.07, 6.45) is 1.21. The Morgan fingerprint density at radius 2 is 1.71 bits per heavy atom. The van der Waals surface area contributed by atoms with Gasteiger partial charge in [-0.25, -0.2) is 0 Å². The Labute approximate surface area is 101 Å². The molecule has 0 radical (unpaired) electrons. The van der Waals surface area contributed by atoms with Gasteiger partial charge < -0.3 is 9.05 Å². The zero-order valence-electron chi connectivity index (χ0n) is 9.02. The van der Waals surface area contributed by atoms with Gasteiger partial charge in [-0.3, -0.25) is 0 Å². The average molecular weight is 274 g/mol. The van der Waals surface area contributed by atoms with Crippen LogP contribution in [0.4, 0.5) is 0 Å². The van der Waals surface area contributed by atoms with Crippen molar-refractivity contribution >= 4 is 40.6 Å². The fourth-order valence-electron chi connectivity index (χ4n) is 0.733. The molecule has 6 heteroatoms. The van der Waals surface area contributed by atoms with Crippen LogP contribution in [0.1, 0.15) is 27.2 Å². The van der Waals surface area contributed by atoms with E-state index >= 15 is 0 Å². The summed E-state index contributed by atoms with van der Waals surface area (Å²) in [6, 6.07) is 0. The Morgan fingerprint density at radius 1 is 1.14 bits per heavy atom.